The minimum Gasteiger partial charge on any atom is -0.381 e. The van der Waals surface area contributed by atoms with Crippen molar-refractivity contribution in [3.8, 4) is 0 Å². The van der Waals surface area contributed by atoms with E-state index in [9.17, 15) is 0 Å². The van der Waals surface area contributed by atoms with Gasteiger partial charge >= 0.3 is 0 Å². The lowest BCUT2D eigenvalue weighted by Gasteiger charge is -2.38. The lowest BCUT2D eigenvalue weighted by atomic mass is 9.65. The van der Waals surface area contributed by atoms with Crippen molar-refractivity contribution in [3.63, 3.8) is 0 Å². The van der Waals surface area contributed by atoms with Gasteiger partial charge in [0.15, 0.2) is 5.82 Å². The van der Waals surface area contributed by atoms with E-state index in [0.29, 0.717) is 5.92 Å². The van der Waals surface area contributed by atoms with Gasteiger partial charge in [0.05, 0.1) is 12.0 Å². The van der Waals surface area contributed by atoms with Gasteiger partial charge in [-0.25, -0.2) is 0 Å². The zero-order valence-electron chi connectivity index (χ0n) is 12.1. The fourth-order valence-electron chi connectivity index (χ4n) is 3.41. The minimum absolute atomic E-state index is 0.0616. The molecule has 1 saturated carbocycles. The Morgan fingerprint density at radius 1 is 1.19 bits per heavy atom. The predicted octanol–water partition coefficient (Wildman–Crippen LogP) is 3.24. The van der Waals surface area contributed by atoms with Crippen LogP contribution in [0.3, 0.4) is 0 Å². The second-order valence-corrected chi connectivity index (χ2v) is 6.31. The van der Waals surface area contributed by atoms with Crippen molar-refractivity contribution in [2.45, 2.75) is 43.4 Å². The molecular formula is C17H20N2O2. The van der Waals surface area contributed by atoms with Crippen LogP contribution in [0.4, 0.5) is 0 Å². The molecule has 4 nitrogen and oxygen atoms in total. The summed E-state index contributed by atoms with van der Waals surface area (Å²) in [6, 6.07) is 10.6. The minimum atomic E-state index is 0.0616. The van der Waals surface area contributed by atoms with Crippen molar-refractivity contribution < 1.29 is 9.26 Å². The van der Waals surface area contributed by atoms with Crippen LogP contribution in [-0.4, -0.2) is 23.4 Å². The van der Waals surface area contributed by atoms with E-state index in [0.717, 1.165) is 50.6 Å². The maximum Gasteiger partial charge on any atom is 0.233 e. The zero-order valence-corrected chi connectivity index (χ0v) is 12.1. The van der Waals surface area contributed by atoms with E-state index in [1.165, 1.54) is 12.0 Å². The summed E-state index contributed by atoms with van der Waals surface area (Å²) >= 11 is 0. The fourth-order valence-corrected chi connectivity index (χ4v) is 3.41. The normalized spacial score (nSPS) is 23.9. The fraction of sp³-hybridized carbons (Fsp3) is 0.529. The topological polar surface area (TPSA) is 48.2 Å². The average molecular weight is 284 g/mol. The molecule has 110 valence electrons. The molecule has 4 rings (SSSR count). The first-order valence-electron chi connectivity index (χ1n) is 7.81. The molecule has 0 N–H and O–H groups in total. The molecule has 0 spiro atoms. The maximum absolute atomic E-state index is 5.64. The number of rotatable bonds is 4. The summed E-state index contributed by atoms with van der Waals surface area (Å²) in [6.07, 6.45) is 5.54. The van der Waals surface area contributed by atoms with E-state index < -0.39 is 0 Å². The molecule has 0 radical (unpaired) electrons. The Hall–Kier alpha value is -1.68. The molecule has 2 aromatic rings. The molecule has 1 atom stereocenters. The molecular weight excluding hydrogens is 264 g/mol. The van der Waals surface area contributed by atoms with Crippen molar-refractivity contribution >= 4 is 0 Å². The van der Waals surface area contributed by atoms with E-state index >= 15 is 0 Å². The molecule has 1 aliphatic heterocycles. The molecule has 0 amide bonds. The van der Waals surface area contributed by atoms with Crippen molar-refractivity contribution in [3.05, 3.63) is 47.6 Å². The van der Waals surface area contributed by atoms with Crippen LogP contribution in [0.1, 0.15) is 48.9 Å². The lowest BCUT2D eigenvalue weighted by molar-refractivity contribution is 0.172. The third kappa shape index (κ3) is 2.38. The maximum atomic E-state index is 5.64. The summed E-state index contributed by atoms with van der Waals surface area (Å²) in [7, 11) is 0. The van der Waals surface area contributed by atoms with E-state index in [4.69, 9.17) is 14.2 Å². The molecule has 1 saturated heterocycles. The highest BCUT2D eigenvalue weighted by molar-refractivity contribution is 5.23. The second-order valence-electron chi connectivity index (χ2n) is 6.31. The first-order valence-corrected chi connectivity index (χ1v) is 7.81. The highest BCUT2D eigenvalue weighted by Crippen LogP contribution is 2.45. The predicted molar refractivity (Wildman–Crippen MR) is 78.2 cm³/mol. The van der Waals surface area contributed by atoms with Crippen LogP contribution in [0.15, 0.2) is 34.9 Å². The third-order valence-corrected chi connectivity index (χ3v) is 4.89. The van der Waals surface area contributed by atoms with Crippen LogP contribution in [0.25, 0.3) is 0 Å². The quantitative estimate of drug-likeness (QED) is 0.864. The second kappa shape index (κ2) is 5.26. The number of hydrogen-bond donors (Lipinski definition) is 0. The van der Waals surface area contributed by atoms with Crippen molar-refractivity contribution in [1.82, 2.24) is 10.1 Å². The van der Waals surface area contributed by atoms with Crippen molar-refractivity contribution in [1.29, 1.82) is 0 Å². The molecule has 2 heterocycles. The highest BCUT2D eigenvalue weighted by atomic mass is 16.5. The van der Waals surface area contributed by atoms with Crippen molar-refractivity contribution in [2.75, 3.05) is 13.2 Å². The van der Waals surface area contributed by atoms with Gasteiger partial charge in [0.2, 0.25) is 5.89 Å². The van der Waals surface area contributed by atoms with E-state index in [1.54, 1.807) is 0 Å². The smallest absolute Gasteiger partial charge is 0.233 e. The first kappa shape index (κ1) is 13.0. The van der Waals surface area contributed by atoms with Crippen LogP contribution >= 0.6 is 0 Å². The highest BCUT2D eigenvalue weighted by Gasteiger charge is 2.44. The number of aromatic nitrogens is 2. The van der Waals surface area contributed by atoms with Gasteiger partial charge in [-0.15, -0.1) is 0 Å². The van der Waals surface area contributed by atoms with Crippen LogP contribution in [0.5, 0.6) is 0 Å². The molecule has 4 heteroatoms. The summed E-state index contributed by atoms with van der Waals surface area (Å²) in [5.41, 5.74) is 1.41. The Morgan fingerprint density at radius 2 is 2.05 bits per heavy atom. The summed E-state index contributed by atoms with van der Waals surface area (Å²) < 4.78 is 11.1. The van der Waals surface area contributed by atoms with Crippen molar-refractivity contribution in [2.24, 2.45) is 0 Å². The standard InChI is InChI=1S/C17H20N2O2/c1-2-5-13(6-3-1)11-17(8-4-9-17)16-18-15(19-21-16)14-7-10-20-12-14/h1-3,5-6,14H,4,7-12H2/t14-/m0/s1. The molecule has 0 bridgehead atoms. The van der Waals surface area contributed by atoms with E-state index in [2.05, 4.69) is 35.5 Å². The first-order chi connectivity index (χ1) is 10.4. The largest absolute Gasteiger partial charge is 0.381 e. The van der Waals surface area contributed by atoms with Gasteiger partial charge in [-0.05, 0) is 31.2 Å². The Kier molecular flexibility index (Phi) is 3.26. The summed E-state index contributed by atoms with van der Waals surface area (Å²) in [4.78, 5) is 4.72. The van der Waals surface area contributed by atoms with Crippen LogP contribution in [0, 0.1) is 0 Å². The molecule has 2 fully saturated rings. The van der Waals surface area contributed by atoms with Gasteiger partial charge in [0.25, 0.3) is 0 Å². The van der Waals surface area contributed by atoms with Crippen LogP contribution in [-0.2, 0) is 16.6 Å². The van der Waals surface area contributed by atoms with Gasteiger partial charge < -0.3 is 9.26 Å². The molecule has 1 aromatic heterocycles. The Bertz CT molecular complexity index is 598. The van der Waals surface area contributed by atoms with Gasteiger partial charge in [-0.1, -0.05) is 41.9 Å². The molecule has 1 aromatic carbocycles. The molecule has 1 aliphatic carbocycles. The molecule has 21 heavy (non-hydrogen) atoms. The Morgan fingerprint density at radius 3 is 2.71 bits per heavy atom. The number of hydrogen-bond acceptors (Lipinski definition) is 4. The summed E-state index contributed by atoms with van der Waals surface area (Å²) in [5.74, 6) is 1.98. The SMILES string of the molecule is c1ccc(CC2(c3nc([C@H]4CCOC4)no3)CCC2)cc1. The lowest BCUT2D eigenvalue weighted by Crippen LogP contribution is -2.37. The van der Waals surface area contributed by atoms with E-state index in [-0.39, 0.29) is 5.41 Å². The van der Waals surface area contributed by atoms with Gasteiger partial charge in [0, 0.05) is 12.5 Å². The third-order valence-electron chi connectivity index (χ3n) is 4.89. The van der Waals surface area contributed by atoms with Gasteiger partial charge in [-0.2, -0.15) is 4.98 Å². The molecule has 0 unspecified atom stereocenters. The van der Waals surface area contributed by atoms with Gasteiger partial charge in [0.1, 0.15) is 0 Å². The van der Waals surface area contributed by atoms with Crippen LogP contribution < -0.4 is 0 Å². The van der Waals surface area contributed by atoms with Gasteiger partial charge in [-0.3, -0.25) is 0 Å². The number of nitrogens with zero attached hydrogens (tertiary/aromatic N) is 2. The van der Waals surface area contributed by atoms with Crippen LogP contribution in [0.2, 0.25) is 0 Å². The number of benzene rings is 1. The Balaban J connectivity index is 1.57. The Labute approximate surface area is 124 Å². The molecule has 2 aliphatic rings. The summed E-state index contributed by atoms with van der Waals surface area (Å²) in [6.45, 7) is 1.54. The summed E-state index contributed by atoms with van der Waals surface area (Å²) in [5, 5.41) is 4.22. The van der Waals surface area contributed by atoms with E-state index in [1.807, 2.05) is 0 Å². The zero-order chi connectivity index (χ0) is 14.1. The monoisotopic (exact) mass is 284 g/mol. The number of ether oxygens (including phenoxy) is 1. The average Bonchev–Trinajstić information content (AvgIpc) is 3.14.